The summed E-state index contributed by atoms with van der Waals surface area (Å²) in [5.74, 6) is -1.07. The van der Waals surface area contributed by atoms with Crippen LogP contribution in [0.15, 0.2) is 23.3 Å². The highest BCUT2D eigenvalue weighted by Crippen LogP contribution is 2.24. The summed E-state index contributed by atoms with van der Waals surface area (Å²) in [6.45, 7) is 1.59. The van der Waals surface area contributed by atoms with Gasteiger partial charge in [0.15, 0.2) is 9.84 Å². The minimum atomic E-state index is -3.20. The quantitative estimate of drug-likeness (QED) is 0.597. The fourth-order valence-electron chi connectivity index (χ4n) is 3.08. The number of aryl methyl sites for hydroxylation is 1. The summed E-state index contributed by atoms with van der Waals surface area (Å²) in [4.78, 5) is 35.0. The third kappa shape index (κ3) is 4.13. The number of hydrogen-bond acceptors (Lipinski definition) is 7. The van der Waals surface area contributed by atoms with Gasteiger partial charge in [-0.25, -0.2) is 13.4 Å². The molecule has 1 fully saturated rings. The lowest BCUT2D eigenvalue weighted by Crippen LogP contribution is -2.42. The maximum Gasteiger partial charge on any atom is 0.274 e. The van der Waals surface area contributed by atoms with Gasteiger partial charge in [-0.15, -0.1) is 0 Å². The molecule has 10 nitrogen and oxygen atoms in total. The van der Waals surface area contributed by atoms with Gasteiger partial charge in [0.1, 0.15) is 5.71 Å². The number of rotatable bonds is 4. The highest BCUT2D eigenvalue weighted by Gasteiger charge is 2.37. The first-order valence-electron chi connectivity index (χ1n) is 8.32. The first kappa shape index (κ1) is 19.0. The molecule has 0 aliphatic carbocycles. The molecule has 2 heterocycles. The van der Waals surface area contributed by atoms with E-state index >= 15 is 0 Å². The van der Waals surface area contributed by atoms with Crippen LogP contribution in [0.1, 0.15) is 24.8 Å². The molecular formula is C16H18N4O6S. The third-order valence-corrected chi connectivity index (χ3v) is 6.29. The summed E-state index contributed by atoms with van der Waals surface area (Å²) in [5.41, 5.74) is 0.674. The van der Waals surface area contributed by atoms with Crippen molar-refractivity contribution in [1.82, 2.24) is 5.01 Å². The molecule has 0 radical (unpaired) electrons. The van der Waals surface area contributed by atoms with Gasteiger partial charge in [-0.2, -0.15) is 5.10 Å². The maximum atomic E-state index is 12.5. The van der Waals surface area contributed by atoms with E-state index < -0.39 is 26.7 Å². The molecule has 0 bridgehead atoms. The zero-order valence-electron chi connectivity index (χ0n) is 14.5. The van der Waals surface area contributed by atoms with Crippen molar-refractivity contribution in [3.8, 4) is 0 Å². The highest BCUT2D eigenvalue weighted by molar-refractivity contribution is 7.91. The van der Waals surface area contributed by atoms with Crippen molar-refractivity contribution in [1.29, 1.82) is 0 Å². The molecule has 0 saturated carbocycles. The molecule has 2 aliphatic rings. The molecule has 2 aliphatic heterocycles. The molecule has 1 unspecified atom stereocenters. The van der Waals surface area contributed by atoms with E-state index in [1.54, 1.807) is 6.92 Å². The Hall–Kier alpha value is -2.82. The Morgan fingerprint density at radius 3 is 2.74 bits per heavy atom. The Labute approximate surface area is 155 Å². The fourth-order valence-corrected chi connectivity index (χ4v) is 4.77. The molecule has 2 amide bonds. The summed E-state index contributed by atoms with van der Waals surface area (Å²) < 4.78 is 23.3. The molecule has 1 N–H and O–H groups in total. The molecule has 1 atom stereocenters. The fraction of sp³-hybridized carbons (Fsp3) is 0.438. The number of amides is 2. The van der Waals surface area contributed by atoms with E-state index in [9.17, 15) is 28.1 Å². The SMILES string of the molecule is Cc1ccc(NC(=O)C2=NN(C3CCS(=O)(=O)C3)C(=O)CC2)cc1[N+](=O)[O-]. The first-order valence-corrected chi connectivity index (χ1v) is 10.1. The molecule has 1 aromatic carbocycles. The predicted molar refractivity (Wildman–Crippen MR) is 97.0 cm³/mol. The van der Waals surface area contributed by atoms with Gasteiger partial charge in [-0.1, -0.05) is 6.07 Å². The average molecular weight is 394 g/mol. The number of benzene rings is 1. The van der Waals surface area contributed by atoms with Crippen LogP contribution in [0.3, 0.4) is 0 Å². The van der Waals surface area contributed by atoms with E-state index in [1.165, 1.54) is 18.2 Å². The number of nitrogens with zero attached hydrogens (tertiary/aromatic N) is 3. The second kappa shape index (κ2) is 7.06. The van der Waals surface area contributed by atoms with Gasteiger partial charge in [0.2, 0.25) is 5.91 Å². The highest BCUT2D eigenvalue weighted by atomic mass is 32.2. The second-order valence-corrected chi connectivity index (χ2v) is 8.78. The van der Waals surface area contributed by atoms with Gasteiger partial charge in [0.05, 0.1) is 22.5 Å². The number of carbonyl (C=O) groups is 2. The molecule has 3 rings (SSSR count). The Balaban J connectivity index is 1.78. The van der Waals surface area contributed by atoms with Gasteiger partial charge in [0, 0.05) is 30.2 Å². The Kier molecular flexibility index (Phi) is 4.96. The van der Waals surface area contributed by atoms with Crippen LogP contribution < -0.4 is 5.32 Å². The summed E-state index contributed by atoms with van der Waals surface area (Å²) >= 11 is 0. The van der Waals surface area contributed by atoms with E-state index in [4.69, 9.17) is 0 Å². The zero-order valence-corrected chi connectivity index (χ0v) is 15.4. The van der Waals surface area contributed by atoms with Crippen LogP contribution in [0.4, 0.5) is 11.4 Å². The largest absolute Gasteiger partial charge is 0.321 e. The summed E-state index contributed by atoms with van der Waals surface area (Å²) in [7, 11) is -3.20. The lowest BCUT2D eigenvalue weighted by Gasteiger charge is -2.27. The molecule has 0 spiro atoms. The molecule has 1 saturated heterocycles. The van der Waals surface area contributed by atoms with Crippen molar-refractivity contribution < 1.29 is 22.9 Å². The lowest BCUT2D eigenvalue weighted by atomic mass is 10.1. The molecule has 11 heteroatoms. The first-order chi connectivity index (χ1) is 12.7. The number of sulfone groups is 1. The summed E-state index contributed by atoms with van der Waals surface area (Å²) in [5, 5.41) is 18.7. The van der Waals surface area contributed by atoms with Crippen molar-refractivity contribution in [2.75, 3.05) is 16.8 Å². The van der Waals surface area contributed by atoms with Crippen LogP contribution in [-0.4, -0.2) is 53.4 Å². The van der Waals surface area contributed by atoms with Gasteiger partial charge in [0.25, 0.3) is 11.6 Å². The van der Waals surface area contributed by atoms with Crippen molar-refractivity contribution in [3.63, 3.8) is 0 Å². The smallest absolute Gasteiger partial charge is 0.274 e. The van der Waals surface area contributed by atoms with Crippen molar-refractivity contribution in [3.05, 3.63) is 33.9 Å². The van der Waals surface area contributed by atoms with Crippen LogP contribution in [0.2, 0.25) is 0 Å². The van der Waals surface area contributed by atoms with Gasteiger partial charge >= 0.3 is 0 Å². The van der Waals surface area contributed by atoms with Gasteiger partial charge in [-0.3, -0.25) is 19.7 Å². The van der Waals surface area contributed by atoms with Crippen LogP contribution in [0, 0.1) is 17.0 Å². The minimum absolute atomic E-state index is 0.00840. The number of hydrazone groups is 1. The van der Waals surface area contributed by atoms with E-state index in [-0.39, 0.29) is 53.8 Å². The van der Waals surface area contributed by atoms with E-state index in [1.807, 2.05) is 0 Å². The molecule has 0 aromatic heterocycles. The summed E-state index contributed by atoms with van der Waals surface area (Å²) in [6, 6.07) is 3.75. The van der Waals surface area contributed by atoms with Crippen molar-refractivity contribution in [2.24, 2.45) is 5.10 Å². The standard InChI is InChI=1S/C16H18N4O6S/c1-10-2-3-11(8-14(10)20(23)24)17-16(22)13-4-5-15(21)19(18-13)12-6-7-27(25,26)9-12/h2-3,8,12H,4-7,9H2,1H3,(H,17,22). The van der Waals surface area contributed by atoms with Crippen LogP contribution >= 0.6 is 0 Å². The topological polar surface area (TPSA) is 139 Å². The van der Waals surface area contributed by atoms with Crippen LogP contribution in [0.25, 0.3) is 0 Å². The molecule has 144 valence electrons. The van der Waals surface area contributed by atoms with Crippen molar-refractivity contribution in [2.45, 2.75) is 32.2 Å². The minimum Gasteiger partial charge on any atom is -0.321 e. The van der Waals surface area contributed by atoms with Gasteiger partial charge in [-0.05, 0) is 19.4 Å². The van der Waals surface area contributed by atoms with Gasteiger partial charge < -0.3 is 5.32 Å². The van der Waals surface area contributed by atoms with E-state index in [2.05, 4.69) is 10.4 Å². The lowest BCUT2D eigenvalue weighted by molar-refractivity contribution is -0.385. The molecule has 1 aromatic rings. The number of nitrogens with one attached hydrogen (secondary N) is 1. The Morgan fingerprint density at radius 1 is 1.37 bits per heavy atom. The number of hydrogen-bond donors (Lipinski definition) is 1. The number of nitro groups is 1. The molecular weight excluding hydrogens is 376 g/mol. The summed E-state index contributed by atoms with van der Waals surface area (Å²) in [6.07, 6.45) is 0.460. The third-order valence-electron chi connectivity index (χ3n) is 4.54. The normalized spacial score (nSPS) is 21.7. The van der Waals surface area contributed by atoms with Crippen LogP contribution in [0.5, 0.6) is 0 Å². The second-order valence-electron chi connectivity index (χ2n) is 6.55. The zero-order chi connectivity index (χ0) is 19.8. The Bertz CT molecular complexity index is 956. The van der Waals surface area contributed by atoms with E-state index in [0.717, 1.165) is 5.01 Å². The van der Waals surface area contributed by atoms with Crippen molar-refractivity contribution >= 4 is 38.7 Å². The average Bonchev–Trinajstić information content (AvgIpc) is 2.96. The Morgan fingerprint density at radius 2 is 2.11 bits per heavy atom. The number of anilines is 1. The van der Waals surface area contributed by atoms with E-state index in [0.29, 0.717) is 5.56 Å². The number of nitro benzene ring substituents is 1. The molecule has 27 heavy (non-hydrogen) atoms. The van der Waals surface area contributed by atoms with Crippen LogP contribution in [-0.2, 0) is 19.4 Å². The maximum absolute atomic E-state index is 12.5. The monoisotopic (exact) mass is 394 g/mol. The number of carbonyl (C=O) groups excluding carboxylic acids is 2. The predicted octanol–water partition coefficient (Wildman–Crippen LogP) is 1.01.